The number of amides is 1. The van der Waals surface area contributed by atoms with E-state index in [-0.39, 0.29) is 17.6 Å². The van der Waals surface area contributed by atoms with Crippen molar-refractivity contribution >= 4 is 17.2 Å². The van der Waals surface area contributed by atoms with Crippen molar-refractivity contribution in [3.8, 4) is 0 Å². The molecule has 4 aliphatic rings. The molecule has 1 atom stereocenters. The first-order valence-corrected chi connectivity index (χ1v) is 10.7. The van der Waals surface area contributed by atoms with Crippen LogP contribution in [-0.2, 0) is 20.9 Å². The molecule has 142 valence electrons. The van der Waals surface area contributed by atoms with Gasteiger partial charge in [0.25, 0.3) is 5.91 Å². The Balaban J connectivity index is 1.22. The summed E-state index contributed by atoms with van der Waals surface area (Å²) in [6, 6.07) is 2.02. The van der Waals surface area contributed by atoms with Gasteiger partial charge < -0.3 is 4.74 Å². The van der Waals surface area contributed by atoms with E-state index in [0.717, 1.165) is 45.1 Å². The molecule has 1 spiro atoms. The van der Waals surface area contributed by atoms with Gasteiger partial charge in [-0.25, -0.2) is 5.06 Å². The van der Waals surface area contributed by atoms with E-state index < -0.39 is 0 Å². The minimum absolute atomic E-state index is 0.0897. The van der Waals surface area contributed by atoms with Gasteiger partial charge in [0.2, 0.25) is 0 Å². The second kappa shape index (κ2) is 6.87. The van der Waals surface area contributed by atoms with Crippen LogP contribution < -0.4 is 0 Å². The molecule has 5 rings (SSSR count). The largest absolute Gasteiger partial charge is 0.369 e. The number of carbonyl (C=O) groups excluding carboxylic acids is 1. The highest BCUT2D eigenvalue weighted by Crippen LogP contribution is 2.36. The number of thiophene rings is 1. The van der Waals surface area contributed by atoms with E-state index in [1.54, 1.807) is 16.4 Å². The Morgan fingerprint density at radius 2 is 2.19 bits per heavy atom. The van der Waals surface area contributed by atoms with E-state index in [1.807, 2.05) is 0 Å². The minimum atomic E-state index is -0.176. The van der Waals surface area contributed by atoms with Crippen molar-refractivity contribution in [2.75, 3.05) is 45.9 Å². The van der Waals surface area contributed by atoms with Crippen LogP contribution in [0.3, 0.4) is 0 Å². The lowest BCUT2D eigenvalue weighted by Gasteiger charge is -2.55. The van der Waals surface area contributed by atoms with Crippen molar-refractivity contribution in [1.29, 1.82) is 0 Å². The molecule has 1 aromatic heterocycles. The van der Waals surface area contributed by atoms with Gasteiger partial charge in [-0.05, 0) is 47.6 Å². The zero-order valence-electron chi connectivity index (χ0n) is 15.1. The Labute approximate surface area is 158 Å². The summed E-state index contributed by atoms with van der Waals surface area (Å²) >= 11 is 1.75. The summed E-state index contributed by atoms with van der Waals surface area (Å²) in [5, 5.41) is 5.92. The highest BCUT2D eigenvalue weighted by Gasteiger charge is 2.51. The third-order valence-corrected chi connectivity index (χ3v) is 6.69. The summed E-state index contributed by atoms with van der Waals surface area (Å²) in [7, 11) is 0. The summed E-state index contributed by atoms with van der Waals surface area (Å²) < 4.78 is 6.29. The van der Waals surface area contributed by atoms with Gasteiger partial charge in [-0.2, -0.15) is 11.3 Å². The van der Waals surface area contributed by atoms with Gasteiger partial charge in [0, 0.05) is 32.7 Å². The van der Waals surface area contributed by atoms with Gasteiger partial charge in [-0.3, -0.25) is 19.4 Å². The number of hydrogen-bond donors (Lipinski definition) is 0. The number of carbonyl (C=O) groups is 1. The lowest BCUT2D eigenvalue weighted by molar-refractivity contribution is -0.216. The summed E-state index contributed by atoms with van der Waals surface area (Å²) in [5.41, 5.74) is 1.29. The second-order valence-corrected chi connectivity index (χ2v) is 9.07. The number of likely N-dealkylation sites (tertiary alicyclic amines) is 1. The monoisotopic (exact) mass is 377 g/mol. The Hall–Kier alpha value is -0.990. The Morgan fingerprint density at radius 3 is 2.88 bits per heavy atom. The molecule has 0 aromatic carbocycles. The molecule has 1 amide bonds. The number of morpholine rings is 1. The van der Waals surface area contributed by atoms with Crippen LogP contribution in [-0.4, -0.2) is 78.4 Å². The molecular formula is C19H27N3O3S. The molecular weight excluding hydrogens is 350 g/mol. The Kier molecular flexibility index (Phi) is 4.53. The smallest absolute Gasteiger partial charge is 0.265 e. The van der Waals surface area contributed by atoms with Crippen LogP contribution >= 0.6 is 11.3 Å². The molecule has 0 bridgehead atoms. The van der Waals surface area contributed by atoms with Crippen molar-refractivity contribution in [2.24, 2.45) is 5.92 Å². The van der Waals surface area contributed by atoms with Crippen LogP contribution in [0.4, 0.5) is 0 Å². The average molecular weight is 378 g/mol. The quantitative estimate of drug-likeness (QED) is 0.780. The van der Waals surface area contributed by atoms with E-state index >= 15 is 0 Å². The van der Waals surface area contributed by atoms with E-state index in [4.69, 9.17) is 9.57 Å². The van der Waals surface area contributed by atoms with Crippen LogP contribution in [0.1, 0.15) is 24.8 Å². The van der Waals surface area contributed by atoms with E-state index in [1.165, 1.54) is 18.4 Å². The third kappa shape index (κ3) is 3.43. The van der Waals surface area contributed by atoms with Crippen molar-refractivity contribution in [3.63, 3.8) is 0 Å². The molecule has 4 heterocycles. The molecule has 3 aliphatic heterocycles. The van der Waals surface area contributed by atoms with E-state index in [0.29, 0.717) is 19.8 Å². The predicted molar refractivity (Wildman–Crippen MR) is 98.6 cm³/mol. The fraction of sp³-hybridized carbons (Fsp3) is 0.737. The lowest BCUT2D eigenvalue weighted by Crippen LogP contribution is -2.72. The normalized spacial score (nSPS) is 29.2. The Bertz CT molecular complexity index is 636. The topological polar surface area (TPSA) is 45.2 Å². The molecule has 3 saturated heterocycles. The maximum Gasteiger partial charge on any atom is 0.265 e. The first-order valence-electron chi connectivity index (χ1n) is 9.77. The molecule has 0 radical (unpaired) electrons. The zero-order chi connectivity index (χ0) is 17.6. The Morgan fingerprint density at radius 1 is 1.31 bits per heavy atom. The van der Waals surface area contributed by atoms with Gasteiger partial charge in [0.1, 0.15) is 11.6 Å². The van der Waals surface area contributed by atoms with Crippen LogP contribution in [0.2, 0.25) is 0 Å². The molecule has 1 saturated carbocycles. The fourth-order valence-electron chi connectivity index (χ4n) is 4.44. The molecule has 7 heteroatoms. The number of hydroxylamine groups is 2. The number of nitrogens with zero attached hydrogens (tertiary/aromatic N) is 3. The number of rotatable bonds is 5. The first kappa shape index (κ1) is 17.1. The summed E-state index contributed by atoms with van der Waals surface area (Å²) in [6.45, 7) is 6.69. The third-order valence-electron chi connectivity index (χ3n) is 5.96. The summed E-state index contributed by atoms with van der Waals surface area (Å²) in [6.07, 6.45) is 3.54. The highest BCUT2D eigenvalue weighted by molar-refractivity contribution is 7.07. The second-order valence-electron chi connectivity index (χ2n) is 8.29. The van der Waals surface area contributed by atoms with Crippen LogP contribution in [0.5, 0.6) is 0 Å². The molecule has 1 aromatic rings. The molecule has 4 fully saturated rings. The standard InChI is InChI=1S/C19H27N3O3S/c23-18(22-5-1-6-25-22)17-10-24-19(14-21(17)9-15-2-3-15)12-20(13-19)8-16-4-7-26-11-16/h4,7,11,15,17H,1-3,5-6,8-10,12-14H2. The average Bonchev–Trinajstić information content (AvgIpc) is 3.08. The van der Waals surface area contributed by atoms with Gasteiger partial charge >= 0.3 is 0 Å². The molecule has 26 heavy (non-hydrogen) atoms. The summed E-state index contributed by atoms with van der Waals surface area (Å²) in [4.78, 5) is 23.2. The van der Waals surface area contributed by atoms with Crippen molar-refractivity contribution in [2.45, 2.75) is 37.5 Å². The predicted octanol–water partition coefficient (Wildman–Crippen LogP) is 1.58. The summed E-state index contributed by atoms with van der Waals surface area (Å²) in [5.74, 6) is 0.856. The maximum absolute atomic E-state index is 12.9. The molecule has 6 nitrogen and oxygen atoms in total. The highest BCUT2D eigenvalue weighted by atomic mass is 32.1. The zero-order valence-corrected chi connectivity index (χ0v) is 16.0. The first-order chi connectivity index (χ1) is 12.7. The molecule has 1 unspecified atom stereocenters. The lowest BCUT2D eigenvalue weighted by atomic mass is 9.89. The van der Waals surface area contributed by atoms with Crippen molar-refractivity contribution in [1.82, 2.24) is 14.9 Å². The number of ether oxygens (including phenoxy) is 1. The van der Waals surface area contributed by atoms with Crippen molar-refractivity contribution in [3.05, 3.63) is 22.4 Å². The van der Waals surface area contributed by atoms with Gasteiger partial charge in [-0.1, -0.05) is 0 Å². The van der Waals surface area contributed by atoms with Crippen molar-refractivity contribution < 1.29 is 14.4 Å². The van der Waals surface area contributed by atoms with Crippen LogP contribution in [0.25, 0.3) is 0 Å². The van der Waals surface area contributed by atoms with Crippen LogP contribution in [0, 0.1) is 5.92 Å². The fourth-order valence-corrected chi connectivity index (χ4v) is 5.10. The van der Waals surface area contributed by atoms with E-state index in [2.05, 4.69) is 26.6 Å². The molecule has 1 aliphatic carbocycles. The SMILES string of the molecule is O=C(C1COC2(CN(Cc3ccsc3)C2)CN1CC1CC1)N1CCCO1. The van der Waals surface area contributed by atoms with E-state index in [9.17, 15) is 4.79 Å². The van der Waals surface area contributed by atoms with Gasteiger partial charge in [0.05, 0.1) is 19.8 Å². The van der Waals surface area contributed by atoms with Gasteiger partial charge in [-0.15, -0.1) is 0 Å². The van der Waals surface area contributed by atoms with Crippen LogP contribution in [0.15, 0.2) is 16.8 Å². The molecule has 0 N–H and O–H groups in total. The maximum atomic E-state index is 12.9. The minimum Gasteiger partial charge on any atom is -0.369 e. The number of hydrogen-bond acceptors (Lipinski definition) is 6. The van der Waals surface area contributed by atoms with Gasteiger partial charge in [0.15, 0.2) is 0 Å².